The molecule has 0 spiro atoms. The second-order valence-corrected chi connectivity index (χ2v) is 5.30. The van der Waals surface area contributed by atoms with Crippen LogP contribution in [0.25, 0.3) is 0 Å². The maximum atomic E-state index is 4.41. The Labute approximate surface area is 107 Å². The SMILES string of the molecule is Cc1csc(CN(C)c2ncc(Br)cn2)n1. The van der Waals surface area contributed by atoms with Crippen LogP contribution in [0.15, 0.2) is 22.2 Å². The van der Waals surface area contributed by atoms with Crippen LogP contribution in [-0.4, -0.2) is 22.0 Å². The Hall–Kier alpha value is -1.01. The van der Waals surface area contributed by atoms with Crippen molar-refractivity contribution in [2.75, 3.05) is 11.9 Å². The highest BCUT2D eigenvalue weighted by Crippen LogP contribution is 2.15. The second-order valence-electron chi connectivity index (χ2n) is 3.44. The van der Waals surface area contributed by atoms with Crippen molar-refractivity contribution < 1.29 is 0 Å². The number of hydrogen-bond acceptors (Lipinski definition) is 5. The largest absolute Gasteiger partial charge is 0.337 e. The van der Waals surface area contributed by atoms with Gasteiger partial charge in [-0.1, -0.05) is 0 Å². The number of thiazole rings is 1. The molecule has 0 amide bonds. The quantitative estimate of drug-likeness (QED) is 0.874. The van der Waals surface area contributed by atoms with Gasteiger partial charge in [0.1, 0.15) is 5.01 Å². The van der Waals surface area contributed by atoms with Gasteiger partial charge in [-0.3, -0.25) is 0 Å². The molecule has 0 saturated carbocycles. The van der Waals surface area contributed by atoms with Gasteiger partial charge < -0.3 is 4.90 Å². The van der Waals surface area contributed by atoms with E-state index in [0.717, 1.165) is 21.7 Å². The maximum absolute atomic E-state index is 4.41. The molecule has 2 heterocycles. The summed E-state index contributed by atoms with van der Waals surface area (Å²) in [6.07, 6.45) is 3.48. The first-order valence-corrected chi connectivity index (χ1v) is 6.42. The predicted octanol–water partition coefficient (Wildman–Crippen LogP) is 2.64. The molecule has 16 heavy (non-hydrogen) atoms. The van der Waals surface area contributed by atoms with Crippen molar-refractivity contribution in [1.82, 2.24) is 15.0 Å². The topological polar surface area (TPSA) is 41.9 Å². The van der Waals surface area contributed by atoms with Gasteiger partial charge in [0.2, 0.25) is 5.95 Å². The van der Waals surface area contributed by atoms with Crippen LogP contribution in [-0.2, 0) is 6.54 Å². The van der Waals surface area contributed by atoms with Crippen molar-refractivity contribution in [3.63, 3.8) is 0 Å². The number of anilines is 1. The van der Waals surface area contributed by atoms with Crippen molar-refractivity contribution in [2.45, 2.75) is 13.5 Å². The van der Waals surface area contributed by atoms with Crippen molar-refractivity contribution in [2.24, 2.45) is 0 Å². The van der Waals surface area contributed by atoms with Gasteiger partial charge in [-0.15, -0.1) is 11.3 Å². The van der Waals surface area contributed by atoms with Gasteiger partial charge in [0.25, 0.3) is 0 Å². The zero-order valence-corrected chi connectivity index (χ0v) is 11.4. The Morgan fingerprint density at radius 3 is 2.62 bits per heavy atom. The molecule has 4 nitrogen and oxygen atoms in total. The number of rotatable bonds is 3. The summed E-state index contributed by atoms with van der Waals surface area (Å²) in [4.78, 5) is 14.8. The van der Waals surface area contributed by atoms with Crippen molar-refractivity contribution in [3.05, 3.63) is 32.9 Å². The molecule has 0 fully saturated rings. The second kappa shape index (κ2) is 4.88. The van der Waals surface area contributed by atoms with E-state index in [1.54, 1.807) is 23.7 Å². The zero-order chi connectivity index (χ0) is 11.5. The van der Waals surface area contributed by atoms with Crippen molar-refractivity contribution in [1.29, 1.82) is 0 Å². The highest BCUT2D eigenvalue weighted by molar-refractivity contribution is 9.10. The first-order valence-electron chi connectivity index (χ1n) is 4.75. The van der Waals surface area contributed by atoms with Gasteiger partial charge in [-0.2, -0.15) is 0 Å². The molecule has 0 atom stereocenters. The summed E-state index contributed by atoms with van der Waals surface area (Å²) in [5.74, 6) is 0.705. The molecule has 0 aromatic carbocycles. The summed E-state index contributed by atoms with van der Waals surface area (Å²) in [7, 11) is 1.96. The van der Waals surface area contributed by atoms with Crippen LogP contribution in [0.1, 0.15) is 10.7 Å². The van der Waals surface area contributed by atoms with E-state index in [-0.39, 0.29) is 0 Å². The Kier molecular flexibility index (Phi) is 3.50. The molecule has 2 aromatic rings. The molecule has 0 N–H and O–H groups in total. The van der Waals surface area contributed by atoms with Gasteiger partial charge in [-0.05, 0) is 22.9 Å². The summed E-state index contributed by atoms with van der Waals surface area (Å²) in [5, 5.41) is 3.12. The summed E-state index contributed by atoms with van der Waals surface area (Å²) in [6.45, 7) is 2.73. The molecular formula is C10H11BrN4S. The first kappa shape index (κ1) is 11.5. The third-order valence-corrected chi connectivity index (χ3v) is 3.35. The van der Waals surface area contributed by atoms with Crippen LogP contribution in [0.2, 0.25) is 0 Å². The predicted molar refractivity (Wildman–Crippen MR) is 68.7 cm³/mol. The van der Waals surface area contributed by atoms with Crippen LogP contribution < -0.4 is 4.90 Å². The fourth-order valence-electron chi connectivity index (χ4n) is 1.25. The summed E-state index contributed by atoms with van der Waals surface area (Å²) >= 11 is 4.97. The Morgan fingerprint density at radius 2 is 2.06 bits per heavy atom. The smallest absolute Gasteiger partial charge is 0.225 e. The Bertz CT molecular complexity index is 468. The van der Waals surface area contributed by atoms with Crippen LogP contribution in [0, 0.1) is 6.92 Å². The third kappa shape index (κ3) is 2.76. The molecule has 0 radical (unpaired) electrons. The minimum Gasteiger partial charge on any atom is -0.337 e. The molecule has 2 rings (SSSR count). The maximum Gasteiger partial charge on any atom is 0.225 e. The Balaban J connectivity index is 2.08. The van der Waals surface area contributed by atoms with Crippen LogP contribution >= 0.6 is 27.3 Å². The molecule has 0 bridgehead atoms. The molecule has 84 valence electrons. The van der Waals surface area contributed by atoms with Gasteiger partial charge in [0.05, 0.1) is 11.0 Å². The number of aromatic nitrogens is 3. The van der Waals surface area contributed by atoms with E-state index >= 15 is 0 Å². The lowest BCUT2D eigenvalue weighted by Crippen LogP contribution is -2.18. The highest BCUT2D eigenvalue weighted by Gasteiger charge is 2.07. The molecule has 0 aliphatic heterocycles. The Morgan fingerprint density at radius 1 is 1.38 bits per heavy atom. The van der Waals surface area contributed by atoms with Gasteiger partial charge in [-0.25, -0.2) is 15.0 Å². The zero-order valence-electron chi connectivity index (χ0n) is 9.01. The van der Waals surface area contributed by atoms with E-state index in [0.29, 0.717) is 5.95 Å². The number of hydrogen-bond donors (Lipinski definition) is 0. The molecule has 2 aromatic heterocycles. The van der Waals surface area contributed by atoms with Crippen molar-refractivity contribution >= 4 is 33.2 Å². The minimum absolute atomic E-state index is 0.705. The number of aryl methyl sites for hydroxylation is 1. The lowest BCUT2D eigenvalue weighted by molar-refractivity contribution is 0.854. The monoisotopic (exact) mass is 298 g/mol. The highest BCUT2D eigenvalue weighted by atomic mass is 79.9. The van der Waals surface area contributed by atoms with E-state index in [9.17, 15) is 0 Å². The van der Waals surface area contributed by atoms with E-state index < -0.39 is 0 Å². The van der Waals surface area contributed by atoms with Crippen LogP contribution in [0.3, 0.4) is 0 Å². The minimum atomic E-state index is 0.705. The molecule has 0 unspecified atom stereocenters. The standard InChI is InChI=1S/C10H11BrN4S/c1-7-6-16-9(14-7)5-15(2)10-12-3-8(11)4-13-10/h3-4,6H,5H2,1-2H3. The van der Waals surface area contributed by atoms with Gasteiger partial charge in [0, 0.05) is 30.5 Å². The van der Waals surface area contributed by atoms with E-state index in [1.165, 1.54) is 0 Å². The molecule has 0 aliphatic rings. The molecule has 6 heteroatoms. The molecule has 0 saturated heterocycles. The number of nitrogens with zero attached hydrogens (tertiary/aromatic N) is 4. The average Bonchev–Trinajstić information content (AvgIpc) is 2.65. The fourth-order valence-corrected chi connectivity index (χ4v) is 2.28. The third-order valence-electron chi connectivity index (χ3n) is 1.99. The van der Waals surface area contributed by atoms with Gasteiger partial charge in [0.15, 0.2) is 0 Å². The lowest BCUT2D eigenvalue weighted by Gasteiger charge is -2.14. The average molecular weight is 299 g/mol. The lowest BCUT2D eigenvalue weighted by atomic mass is 10.5. The summed E-state index contributed by atoms with van der Waals surface area (Å²) < 4.78 is 0.884. The normalized spacial score (nSPS) is 10.4. The van der Waals surface area contributed by atoms with Crippen LogP contribution in [0.5, 0.6) is 0 Å². The summed E-state index contributed by atoms with van der Waals surface area (Å²) in [5.41, 5.74) is 1.06. The van der Waals surface area contributed by atoms with E-state index in [4.69, 9.17) is 0 Å². The first-order chi connectivity index (χ1) is 7.65. The van der Waals surface area contributed by atoms with Gasteiger partial charge >= 0.3 is 0 Å². The molecular weight excluding hydrogens is 288 g/mol. The molecule has 0 aliphatic carbocycles. The van der Waals surface area contributed by atoms with E-state index in [1.807, 2.05) is 24.3 Å². The summed E-state index contributed by atoms with van der Waals surface area (Å²) in [6, 6.07) is 0. The fraction of sp³-hybridized carbons (Fsp3) is 0.300. The van der Waals surface area contributed by atoms with Crippen LogP contribution in [0.4, 0.5) is 5.95 Å². The van der Waals surface area contributed by atoms with Crippen molar-refractivity contribution in [3.8, 4) is 0 Å². The number of halogens is 1. The van der Waals surface area contributed by atoms with E-state index in [2.05, 4.69) is 30.9 Å².